The van der Waals surface area contributed by atoms with Gasteiger partial charge in [-0.3, -0.25) is 42.5 Å². The van der Waals surface area contributed by atoms with Crippen molar-refractivity contribution < 1.29 is 0 Å². The number of fused-ring (bicyclic) bond motifs is 20. The molecule has 17 atom stereocenters. The van der Waals surface area contributed by atoms with Crippen molar-refractivity contribution in [2.75, 3.05) is 6.54 Å². The smallest absolute Gasteiger partial charge is 0.0643 e. The molecule has 17 unspecified atom stereocenters. The molecule has 9 heteroatoms. The Hall–Kier alpha value is -0.360. The molecule has 0 aromatic carbocycles. The van der Waals surface area contributed by atoms with E-state index in [0.29, 0.717) is 73.1 Å². The molecule has 9 fully saturated rings. The van der Waals surface area contributed by atoms with Gasteiger partial charge >= 0.3 is 0 Å². The Morgan fingerprint density at radius 1 is 0.340 bits per heavy atom. The fraction of sp³-hybridized carbons (Fsp3) is 1.00. The van der Waals surface area contributed by atoms with Gasteiger partial charge in [0, 0.05) is 12.0 Å². The average Bonchev–Trinajstić information content (AvgIpc) is 3.93. The molecule has 9 N–H and O–H groups in total. The van der Waals surface area contributed by atoms with Crippen molar-refractivity contribution in [2.45, 2.75) is 223 Å². The first-order chi connectivity index (χ1) is 26.2. The van der Waals surface area contributed by atoms with Crippen LogP contribution in [0.3, 0.4) is 0 Å². The highest BCUT2D eigenvalue weighted by atomic mass is 15.4. The summed E-state index contributed by atoms with van der Waals surface area (Å²) in [5.41, 5.74) is 0. The molecule has 53 heavy (non-hydrogen) atoms. The van der Waals surface area contributed by atoms with Gasteiger partial charge in [0.15, 0.2) is 0 Å². The quantitative estimate of drug-likeness (QED) is 0.110. The third kappa shape index (κ3) is 8.32. The van der Waals surface area contributed by atoms with E-state index in [4.69, 9.17) is 0 Å². The van der Waals surface area contributed by atoms with Crippen molar-refractivity contribution >= 4 is 0 Å². The molecule has 5 saturated heterocycles. The second kappa shape index (κ2) is 18.1. The lowest BCUT2D eigenvalue weighted by Gasteiger charge is -2.40. The topological polar surface area (TPSA) is 108 Å². The molecule has 302 valence electrons. The fourth-order valence-corrected chi connectivity index (χ4v) is 14.2. The van der Waals surface area contributed by atoms with Crippen LogP contribution in [-0.2, 0) is 0 Å². The Labute approximate surface area is 323 Å². The molecule has 9 rings (SSSR count). The van der Waals surface area contributed by atoms with E-state index in [2.05, 4.69) is 54.8 Å². The Kier molecular flexibility index (Phi) is 13.0. The van der Waals surface area contributed by atoms with E-state index >= 15 is 0 Å². The van der Waals surface area contributed by atoms with Gasteiger partial charge in [-0.1, -0.05) is 110 Å². The van der Waals surface area contributed by atoms with Gasteiger partial charge in [-0.05, 0) is 106 Å². The van der Waals surface area contributed by atoms with Gasteiger partial charge < -0.3 is 5.32 Å². The normalized spacial score (nSPS) is 47.8. The second-order valence-electron chi connectivity index (χ2n) is 19.9. The Morgan fingerprint density at radius 2 is 0.660 bits per heavy atom. The summed E-state index contributed by atoms with van der Waals surface area (Å²) >= 11 is 0. The molecule has 0 aromatic heterocycles. The van der Waals surface area contributed by atoms with E-state index in [9.17, 15) is 0 Å². The number of hydrogen-bond acceptors (Lipinski definition) is 9. The van der Waals surface area contributed by atoms with Crippen LogP contribution in [0, 0.1) is 47.3 Å². The van der Waals surface area contributed by atoms with Gasteiger partial charge in [0.05, 0.1) is 49.3 Å². The molecule has 0 aromatic rings. The van der Waals surface area contributed by atoms with Crippen molar-refractivity contribution in [3.05, 3.63) is 0 Å². The molecule has 9 nitrogen and oxygen atoms in total. The third-order valence-electron chi connectivity index (χ3n) is 16.8. The lowest BCUT2D eigenvalue weighted by molar-refractivity contribution is 0.141. The van der Waals surface area contributed by atoms with Gasteiger partial charge in [0.25, 0.3) is 0 Å². The predicted octanol–water partition coefficient (Wildman–Crippen LogP) is 6.09. The highest BCUT2D eigenvalue weighted by molar-refractivity contribution is 5.09. The Morgan fingerprint density at radius 3 is 1.06 bits per heavy atom. The van der Waals surface area contributed by atoms with Crippen molar-refractivity contribution in [1.82, 2.24) is 47.9 Å². The van der Waals surface area contributed by atoms with Crippen LogP contribution in [0.1, 0.15) is 167 Å². The van der Waals surface area contributed by atoms with Crippen LogP contribution in [0.2, 0.25) is 0 Å². The minimum absolute atomic E-state index is 0.337. The average molecular weight is 736 g/mol. The highest BCUT2D eigenvalue weighted by Crippen LogP contribution is 2.45. The summed E-state index contributed by atoms with van der Waals surface area (Å²) in [5.74, 6) is 5.62. The maximum Gasteiger partial charge on any atom is 0.0643 e. The van der Waals surface area contributed by atoms with Gasteiger partial charge in [0.1, 0.15) is 0 Å². The zero-order valence-electron chi connectivity index (χ0n) is 33.7. The summed E-state index contributed by atoms with van der Waals surface area (Å²) in [6, 6.07) is 0.597. The van der Waals surface area contributed by atoms with Crippen LogP contribution in [0.15, 0.2) is 0 Å². The standard InChI is InChI=1S/C44H81N9/c1-2-3-4-5-6-7-8-9-10-17-27-45-35-26-18-25-34-36(35)44-52-42-33-24-16-15-23-32(33)40(50-42)48-38-29-20-12-11-19-28(29)37(46-38)47-39-30-21-13-14-22-31(30)41(49-39)51-43(34)53-44/h28-53H,2-27H2,1H3. The first kappa shape index (κ1) is 38.2. The largest absolute Gasteiger partial charge is 0.314 e. The minimum atomic E-state index is 0.337. The van der Waals surface area contributed by atoms with E-state index in [-0.39, 0.29) is 0 Å². The van der Waals surface area contributed by atoms with Crippen LogP contribution >= 0.6 is 0 Å². The van der Waals surface area contributed by atoms with Gasteiger partial charge in [-0.15, -0.1) is 0 Å². The number of rotatable bonds is 12. The lowest BCUT2D eigenvalue weighted by Crippen LogP contribution is -2.62. The molecule has 0 radical (unpaired) electrons. The molecule has 5 heterocycles. The van der Waals surface area contributed by atoms with Crippen LogP contribution in [-0.4, -0.2) is 61.9 Å². The van der Waals surface area contributed by atoms with Gasteiger partial charge in [-0.2, -0.15) is 0 Å². The fourth-order valence-electron chi connectivity index (χ4n) is 14.2. The van der Waals surface area contributed by atoms with E-state index in [1.54, 1.807) is 0 Å². The molecule has 0 amide bonds. The summed E-state index contributed by atoms with van der Waals surface area (Å²) in [6.45, 7) is 3.51. The summed E-state index contributed by atoms with van der Waals surface area (Å²) in [7, 11) is 0. The van der Waals surface area contributed by atoms with Crippen molar-refractivity contribution in [3.63, 3.8) is 0 Å². The SMILES string of the molecule is CCCCCCCCCCCCNC1CCCC2C3NC4NC(NC5NC(NC6NC(NC(N3)C12)C1CCCCC61)C1CCCCC51)C1CCCCC41. The summed E-state index contributed by atoms with van der Waals surface area (Å²) in [6.07, 6.45) is 37.8. The Bertz CT molecular complexity index is 1140. The van der Waals surface area contributed by atoms with Crippen LogP contribution in [0.5, 0.6) is 0 Å². The lowest BCUT2D eigenvalue weighted by atomic mass is 9.74. The Balaban J connectivity index is 0.912. The first-order valence-electron chi connectivity index (χ1n) is 24.1. The van der Waals surface area contributed by atoms with Crippen LogP contribution in [0.4, 0.5) is 0 Å². The van der Waals surface area contributed by atoms with E-state index in [1.807, 2.05) is 0 Å². The van der Waals surface area contributed by atoms with Gasteiger partial charge in [0.2, 0.25) is 0 Å². The molecule has 8 bridgehead atoms. The maximum atomic E-state index is 4.39. The molecule has 0 spiro atoms. The number of hydrogen-bond donors (Lipinski definition) is 9. The summed E-state index contributed by atoms with van der Waals surface area (Å²) < 4.78 is 0. The molecule has 4 aliphatic carbocycles. The summed E-state index contributed by atoms with van der Waals surface area (Å²) in [5, 5.41) is 38.7. The zero-order chi connectivity index (χ0) is 35.6. The van der Waals surface area contributed by atoms with E-state index in [1.165, 1.54) is 167 Å². The molecular weight excluding hydrogens is 655 g/mol. The van der Waals surface area contributed by atoms with Crippen molar-refractivity contribution in [1.29, 1.82) is 0 Å². The van der Waals surface area contributed by atoms with Gasteiger partial charge in [-0.25, -0.2) is 0 Å². The maximum absolute atomic E-state index is 4.39. The molecule has 9 aliphatic rings. The molecular formula is C44H81N9. The predicted molar refractivity (Wildman–Crippen MR) is 216 cm³/mol. The minimum Gasteiger partial charge on any atom is -0.314 e. The van der Waals surface area contributed by atoms with E-state index in [0.717, 1.165) is 29.6 Å². The number of unbranched alkanes of at least 4 members (excludes halogenated alkanes) is 9. The first-order valence-corrected chi connectivity index (χ1v) is 24.1. The van der Waals surface area contributed by atoms with E-state index < -0.39 is 0 Å². The van der Waals surface area contributed by atoms with Crippen LogP contribution < -0.4 is 47.9 Å². The number of nitrogens with one attached hydrogen (secondary N) is 9. The second-order valence-corrected chi connectivity index (χ2v) is 19.9. The van der Waals surface area contributed by atoms with Crippen molar-refractivity contribution in [3.8, 4) is 0 Å². The molecule has 5 aliphatic heterocycles. The monoisotopic (exact) mass is 736 g/mol. The zero-order valence-corrected chi connectivity index (χ0v) is 33.7. The van der Waals surface area contributed by atoms with Crippen LogP contribution in [0.25, 0.3) is 0 Å². The third-order valence-corrected chi connectivity index (χ3v) is 16.8. The van der Waals surface area contributed by atoms with Crippen molar-refractivity contribution in [2.24, 2.45) is 47.3 Å². The summed E-state index contributed by atoms with van der Waals surface area (Å²) in [4.78, 5) is 0. The molecule has 4 saturated carbocycles. The highest BCUT2D eigenvalue weighted by Gasteiger charge is 2.55.